The van der Waals surface area contributed by atoms with E-state index in [1.54, 1.807) is 67.8 Å². The van der Waals surface area contributed by atoms with Gasteiger partial charge in [0.25, 0.3) is 11.5 Å². The number of benzene rings is 3. The summed E-state index contributed by atoms with van der Waals surface area (Å²) in [5.74, 6) is -0.128. The number of aromatic nitrogens is 2. The van der Waals surface area contributed by atoms with Gasteiger partial charge in [-0.25, -0.2) is 9.37 Å². The number of halogens is 1. The number of nitrogens with one attached hydrogen (secondary N) is 1. The molecule has 1 heterocycles. The molecule has 1 amide bonds. The van der Waals surface area contributed by atoms with Crippen LogP contribution in [0, 0.1) is 5.82 Å². The third-order valence-electron chi connectivity index (χ3n) is 4.75. The third kappa shape index (κ3) is 3.77. The largest absolute Gasteiger partial charge is 0.497 e. The van der Waals surface area contributed by atoms with Crippen molar-refractivity contribution in [1.82, 2.24) is 14.9 Å². The lowest BCUT2D eigenvalue weighted by atomic mass is 10.1. The molecule has 0 aliphatic carbocycles. The zero-order valence-corrected chi connectivity index (χ0v) is 16.1. The molecule has 0 aliphatic rings. The number of hydrogen-bond donors (Lipinski definition) is 1. The normalized spacial score (nSPS) is 10.7. The Morgan fingerprint density at radius 3 is 2.73 bits per heavy atom. The summed E-state index contributed by atoms with van der Waals surface area (Å²) in [6, 6.07) is 18.0. The summed E-state index contributed by atoms with van der Waals surface area (Å²) in [7, 11) is 1.55. The van der Waals surface area contributed by atoms with Crippen LogP contribution >= 0.6 is 0 Å². The molecule has 4 rings (SSSR count). The van der Waals surface area contributed by atoms with Gasteiger partial charge >= 0.3 is 0 Å². The van der Waals surface area contributed by atoms with Crippen LogP contribution in [0.2, 0.25) is 0 Å². The van der Waals surface area contributed by atoms with Crippen LogP contribution in [0.25, 0.3) is 16.6 Å². The minimum absolute atomic E-state index is 0.0639. The fraction of sp³-hybridized carbons (Fsp3) is 0.0870. The van der Waals surface area contributed by atoms with Crippen molar-refractivity contribution in [1.29, 1.82) is 0 Å². The highest BCUT2D eigenvalue weighted by atomic mass is 19.1. The molecule has 30 heavy (non-hydrogen) atoms. The van der Waals surface area contributed by atoms with Crippen molar-refractivity contribution >= 4 is 16.8 Å². The Balaban J connectivity index is 1.61. The molecule has 0 spiro atoms. The first-order valence-corrected chi connectivity index (χ1v) is 9.24. The Morgan fingerprint density at radius 1 is 1.10 bits per heavy atom. The highest BCUT2D eigenvalue weighted by molar-refractivity contribution is 5.97. The van der Waals surface area contributed by atoms with E-state index in [9.17, 15) is 14.0 Å². The van der Waals surface area contributed by atoms with Crippen LogP contribution in [0.15, 0.2) is 77.9 Å². The Bertz CT molecular complexity index is 1300. The predicted molar refractivity (Wildman–Crippen MR) is 111 cm³/mol. The van der Waals surface area contributed by atoms with Gasteiger partial charge in [0.05, 0.1) is 23.7 Å². The third-order valence-corrected chi connectivity index (χ3v) is 4.75. The van der Waals surface area contributed by atoms with Crippen LogP contribution < -0.4 is 15.6 Å². The molecule has 0 unspecified atom stereocenters. The first-order chi connectivity index (χ1) is 14.6. The Hall–Kier alpha value is -4.00. The number of fused-ring (bicyclic) bond motifs is 1. The van der Waals surface area contributed by atoms with Gasteiger partial charge in [-0.2, -0.15) is 0 Å². The molecule has 1 aromatic heterocycles. The van der Waals surface area contributed by atoms with Crippen LogP contribution in [0.5, 0.6) is 5.75 Å². The van der Waals surface area contributed by atoms with E-state index in [2.05, 4.69) is 10.3 Å². The highest BCUT2D eigenvalue weighted by Gasteiger charge is 2.11. The van der Waals surface area contributed by atoms with Crippen molar-refractivity contribution in [2.75, 3.05) is 7.11 Å². The number of nitrogens with zero attached hydrogens (tertiary/aromatic N) is 2. The second kappa shape index (κ2) is 8.16. The SMILES string of the molecule is COc1cccc(-n2cnc3cc(C(=O)NCc4ccccc4F)ccc3c2=O)c1. The zero-order chi connectivity index (χ0) is 21.1. The zero-order valence-electron chi connectivity index (χ0n) is 16.1. The van der Waals surface area contributed by atoms with Gasteiger partial charge in [0, 0.05) is 23.7 Å². The Kier molecular flexibility index (Phi) is 5.26. The summed E-state index contributed by atoms with van der Waals surface area (Å²) in [5, 5.41) is 3.06. The number of hydrogen-bond acceptors (Lipinski definition) is 4. The lowest BCUT2D eigenvalue weighted by Crippen LogP contribution is -2.24. The van der Waals surface area contributed by atoms with Gasteiger partial charge in [0.15, 0.2) is 0 Å². The van der Waals surface area contributed by atoms with Crippen LogP contribution in [0.1, 0.15) is 15.9 Å². The molecule has 150 valence electrons. The number of amides is 1. The maximum Gasteiger partial charge on any atom is 0.265 e. The number of ether oxygens (including phenoxy) is 1. The highest BCUT2D eigenvalue weighted by Crippen LogP contribution is 2.17. The van der Waals surface area contributed by atoms with E-state index < -0.39 is 0 Å². The molecule has 4 aromatic rings. The van der Waals surface area contributed by atoms with Crippen molar-refractivity contribution in [3.8, 4) is 11.4 Å². The van der Waals surface area contributed by atoms with Gasteiger partial charge in [-0.05, 0) is 36.4 Å². The molecule has 0 saturated carbocycles. The standard InChI is InChI=1S/C23H18FN3O3/c1-30-18-7-4-6-17(12-18)27-14-26-21-11-15(9-10-19(21)23(27)29)22(28)25-13-16-5-2-3-8-20(16)24/h2-12,14H,13H2,1H3,(H,25,28). The van der Waals surface area contributed by atoms with E-state index in [-0.39, 0.29) is 23.8 Å². The Morgan fingerprint density at radius 2 is 1.93 bits per heavy atom. The van der Waals surface area contributed by atoms with E-state index >= 15 is 0 Å². The summed E-state index contributed by atoms with van der Waals surface area (Å²) in [6.45, 7) is 0.0639. The van der Waals surface area contributed by atoms with Crippen molar-refractivity contribution in [3.63, 3.8) is 0 Å². The second-order valence-corrected chi connectivity index (χ2v) is 6.63. The maximum atomic E-state index is 13.7. The van der Waals surface area contributed by atoms with Crippen LogP contribution in [0.3, 0.4) is 0 Å². The summed E-state index contributed by atoms with van der Waals surface area (Å²) < 4.78 is 20.3. The summed E-state index contributed by atoms with van der Waals surface area (Å²) >= 11 is 0. The molecule has 0 fully saturated rings. The van der Waals surface area contributed by atoms with Crippen molar-refractivity contribution in [3.05, 3.63) is 100 Å². The molecule has 3 aromatic carbocycles. The first kappa shape index (κ1) is 19.3. The number of methoxy groups -OCH3 is 1. The van der Waals surface area contributed by atoms with Crippen LogP contribution in [-0.2, 0) is 6.54 Å². The van der Waals surface area contributed by atoms with Crippen molar-refractivity contribution in [2.45, 2.75) is 6.54 Å². The molecule has 0 bridgehead atoms. The summed E-state index contributed by atoms with van der Waals surface area (Å²) in [6.07, 6.45) is 1.42. The van der Waals surface area contributed by atoms with Gasteiger partial charge in [0.1, 0.15) is 17.9 Å². The Labute approximate surface area is 171 Å². The van der Waals surface area contributed by atoms with Crippen molar-refractivity contribution < 1.29 is 13.9 Å². The van der Waals surface area contributed by atoms with E-state index in [4.69, 9.17) is 4.74 Å². The molecule has 1 N–H and O–H groups in total. The van der Waals surface area contributed by atoms with Gasteiger partial charge in [-0.3, -0.25) is 14.2 Å². The van der Waals surface area contributed by atoms with E-state index in [0.29, 0.717) is 33.5 Å². The fourth-order valence-electron chi connectivity index (χ4n) is 3.13. The molecule has 0 atom stereocenters. The fourth-order valence-corrected chi connectivity index (χ4v) is 3.13. The smallest absolute Gasteiger partial charge is 0.265 e. The average Bonchev–Trinajstić information content (AvgIpc) is 2.78. The number of carbonyl (C=O) groups excluding carboxylic acids is 1. The quantitative estimate of drug-likeness (QED) is 0.554. The minimum atomic E-state index is -0.379. The molecular formula is C23H18FN3O3. The van der Waals surface area contributed by atoms with Crippen LogP contribution in [-0.4, -0.2) is 22.6 Å². The molecule has 0 radical (unpaired) electrons. The molecule has 0 aliphatic heterocycles. The van der Waals surface area contributed by atoms with Crippen LogP contribution in [0.4, 0.5) is 4.39 Å². The van der Waals surface area contributed by atoms with Gasteiger partial charge in [-0.1, -0.05) is 24.3 Å². The average molecular weight is 403 g/mol. The number of rotatable bonds is 5. The monoisotopic (exact) mass is 403 g/mol. The lowest BCUT2D eigenvalue weighted by molar-refractivity contribution is 0.0950. The maximum absolute atomic E-state index is 13.7. The minimum Gasteiger partial charge on any atom is -0.497 e. The summed E-state index contributed by atoms with van der Waals surface area (Å²) in [4.78, 5) is 29.7. The molecule has 6 nitrogen and oxygen atoms in total. The predicted octanol–water partition coefficient (Wildman–Crippen LogP) is 3.46. The summed E-state index contributed by atoms with van der Waals surface area (Å²) in [5.41, 5.74) is 1.50. The molecular weight excluding hydrogens is 385 g/mol. The van der Waals surface area contributed by atoms with E-state index in [0.717, 1.165) is 0 Å². The van der Waals surface area contributed by atoms with Gasteiger partial charge in [0.2, 0.25) is 0 Å². The molecule has 0 saturated heterocycles. The van der Waals surface area contributed by atoms with Gasteiger partial charge in [-0.15, -0.1) is 0 Å². The van der Waals surface area contributed by atoms with Gasteiger partial charge < -0.3 is 10.1 Å². The number of carbonyl (C=O) groups is 1. The first-order valence-electron chi connectivity index (χ1n) is 9.24. The van der Waals surface area contributed by atoms with E-state index in [1.807, 2.05) is 0 Å². The lowest BCUT2D eigenvalue weighted by Gasteiger charge is -2.09. The second-order valence-electron chi connectivity index (χ2n) is 6.63. The topological polar surface area (TPSA) is 73.2 Å². The van der Waals surface area contributed by atoms with Crippen molar-refractivity contribution in [2.24, 2.45) is 0 Å². The van der Waals surface area contributed by atoms with E-state index in [1.165, 1.54) is 17.0 Å². The molecule has 7 heteroatoms.